The van der Waals surface area contributed by atoms with Crippen LogP contribution < -0.4 is 5.73 Å². The summed E-state index contributed by atoms with van der Waals surface area (Å²) in [4.78, 5) is 5.68. The average molecular weight is 289 g/mol. The summed E-state index contributed by atoms with van der Waals surface area (Å²) in [6.07, 6.45) is 0.996. The lowest BCUT2D eigenvalue weighted by Gasteiger charge is -2.07. The van der Waals surface area contributed by atoms with Crippen LogP contribution in [0.4, 0.5) is 9.39 Å². The molecule has 0 aliphatic rings. The quantitative estimate of drug-likeness (QED) is 0.785. The Morgan fingerprint density at radius 2 is 2.15 bits per heavy atom. The Hall–Kier alpha value is -1.88. The van der Waals surface area contributed by atoms with Gasteiger partial charge >= 0.3 is 0 Å². The van der Waals surface area contributed by atoms with Crippen molar-refractivity contribution < 1.29 is 4.39 Å². The number of imidazole rings is 1. The first-order valence-corrected chi connectivity index (χ1v) is 7.44. The van der Waals surface area contributed by atoms with Gasteiger partial charge in [-0.25, -0.2) is 9.37 Å². The monoisotopic (exact) mass is 289 g/mol. The number of nitrogen functional groups attached to an aromatic ring is 1. The van der Waals surface area contributed by atoms with E-state index in [2.05, 4.69) is 16.5 Å². The van der Waals surface area contributed by atoms with Gasteiger partial charge in [-0.15, -0.1) is 11.3 Å². The summed E-state index contributed by atoms with van der Waals surface area (Å²) in [5.74, 6) is 0.624. The summed E-state index contributed by atoms with van der Waals surface area (Å²) in [6.45, 7) is 5.00. The van der Waals surface area contributed by atoms with Crippen LogP contribution in [-0.2, 0) is 6.54 Å². The van der Waals surface area contributed by atoms with Gasteiger partial charge in [-0.3, -0.25) is 0 Å². The van der Waals surface area contributed by atoms with E-state index in [9.17, 15) is 4.39 Å². The van der Waals surface area contributed by atoms with E-state index in [0.717, 1.165) is 39.7 Å². The summed E-state index contributed by atoms with van der Waals surface area (Å²) in [7, 11) is 0. The van der Waals surface area contributed by atoms with Crippen molar-refractivity contribution in [3.8, 4) is 10.7 Å². The number of thiophene rings is 1. The zero-order valence-corrected chi connectivity index (χ0v) is 12.3. The number of rotatable bonds is 3. The predicted octanol–water partition coefficient (Wildman–Crippen LogP) is 4.20. The van der Waals surface area contributed by atoms with E-state index < -0.39 is 0 Å². The van der Waals surface area contributed by atoms with E-state index in [-0.39, 0.29) is 5.82 Å². The first-order chi connectivity index (χ1) is 9.60. The Morgan fingerprint density at radius 3 is 2.80 bits per heavy atom. The summed E-state index contributed by atoms with van der Waals surface area (Å²) in [5, 5.41) is 0.777. The van der Waals surface area contributed by atoms with Gasteiger partial charge in [0.15, 0.2) is 5.82 Å². The molecule has 0 aliphatic heterocycles. The standard InChI is InChI=1S/C15H16FN3S/c1-3-6-19-12-5-4-10(16)8-11(12)18-15(19)14-9(2)7-13(17)20-14/h4-5,7-8H,3,6,17H2,1-2H3. The highest BCUT2D eigenvalue weighted by atomic mass is 32.1. The number of nitrogens with two attached hydrogens (primary N) is 1. The van der Waals surface area contributed by atoms with Gasteiger partial charge in [0.1, 0.15) is 5.82 Å². The molecular formula is C15H16FN3S. The number of anilines is 1. The predicted molar refractivity (Wildman–Crippen MR) is 82.4 cm³/mol. The summed E-state index contributed by atoms with van der Waals surface area (Å²) >= 11 is 1.53. The molecule has 20 heavy (non-hydrogen) atoms. The summed E-state index contributed by atoms with van der Waals surface area (Å²) in [6, 6.07) is 6.71. The Balaban J connectivity index is 2.28. The lowest BCUT2D eigenvalue weighted by molar-refractivity contribution is 0.629. The molecule has 2 heterocycles. The number of nitrogens with zero attached hydrogens (tertiary/aromatic N) is 2. The largest absolute Gasteiger partial charge is 0.391 e. The fourth-order valence-corrected chi connectivity index (χ4v) is 3.39. The van der Waals surface area contributed by atoms with Gasteiger partial charge in [0.25, 0.3) is 0 Å². The van der Waals surface area contributed by atoms with Crippen molar-refractivity contribution in [3.63, 3.8) is 0 Å². The number of fused-ring (bicyclic) bond motifs is 1. The maximum atomic E-state index is 13.4. The van der Waals surface area contributed by atoms with E-state index >= 15 is 0 Å². The molecule has 104 valence electrons. The minimum atomic E-state index is -0.257. The van der Waals surface area contributed by atoms with Gasteiger partial charge in [0, 0.05) is 12.6 Å². The van der Waals surface area contributed by atoms with Crippen LogP contribution in [-0.4, -0.2) is 9.55 Å². The van der Waals surface area contributed by atoms with Gasteiger partial charge in [-0.2, -0.15) is 0 Å². The van der Waals surface area contributed by atoms with Crippen molar-refractivity contribution in [3.05, 3.63) is 35.6 Å². The molecule has 1 aromatic carbocycles. The number of aromatic nitrogens is 2. The first-order valence-electron chi connectivity index (χ1n) is 6.62. The number of hydrogen-bond donors (Lipinski definition) is 1. The van der Waals surface area contributed by atoms with Crippen LogP contribution in [0.2, 0.25) is 0 Å². The molecular weight excluding hydrogens is 273 g/mol. The van der Waals surface area contributed by atoms with Gasteiger partial charge in [0.2, 0.25) is 0 Å². The van der Waals surface area contributed by atoms with Crippen molar-refractivity contribution in [1.29, 1.82) is 0 Å². The smallest absolute Gasteiger partial charge is 0.151 e. The number of aryl methyl sites for hydroxylation is 2. The van der Waals surface area contributed by atoms with Crippen molar-refractivity contribution >= 4 is 27.4 Å². The number of benzene rings is 1. The molecule has 0 radical (unpaired) electrons. The molecule has 0 fully saturated rings. The highest BCUT2D eigenvalue weighted by molar-refractivity contribution is 7.19. The third-order valence-electron chi connectivity index (χ3n) is 3.30. The molecule has 0 aliphatic carbocycles. The van der Waals surface area contributed by atoms with Crippen LogP contribution >= 0.6 is 11.3 Å². The normalized spacial score (nSPS) is 11.3. The Labute approximate surface area is 120 Å². The van der Waals surface area contributed by atoms with Crippen LogP contribution in [0.3, 0.4) is 0 Å². The molecule has 3 rings (SSSR count). The second-order valence-corrected chi connectivity index (χ2v) is 5.96. The van der Waals surface area contributed by atoms with Gasteiger partial charge in [-0.05, 0) is 37.1 Å². The Bertz CT molecular complexity index is 773. The highest BCUT2D eigenvalue weighted by Crippen LogP contribution is 2.35. The Morgan fingerprint density at radius 1 is 1.35 bits per heavy atom. The zero-order valence-electron chi connectivity index (χ0n) is 11.5. The second-order valence-electron chi connectivity index (χ2n) is 4.88. The van der Waals surface area contributed by atoms with Crippen LogP contribution in [0.15, 0.2) is 24.3 Å². The minimum absolute atomic E-state index is 0.257. The summed E-state index contributed by atoms with van der Waals surface area (Å²) < 4.78 is 15.5. The molecule has 0 amide bonds. The van der Waals surface area contributed by atoms with Crippen molar-refractivity contribution in [2.24, 2.45) is 0 Å². The molecule has 0 saturated carbocycles. The Kier molecular flexibility index (Phi) is 3.22. The van der Waals surface area contributed by atoms with Crippen LogP contribution in [0, 0.1) is 12.7 Å². The van der Waals surface area contributed by atoms with Crippen LogP contribution in [0.5, 0.6) is 0 Å². The molecule has 0 spiro atoms. The van der Waals surface area contributed by atoms with Crippen molar-refractivity contribution in [2.45, 2.75) is 26.8 Å². The van der Waals surface area contributed by atoms with Crippen molar-refractivity contribution in [1.82, 2.24) is 9.55 Å². The molecule has 0 saturated heterocycles. The summed E-state index contributed by atoms with van der Waals surface area (Å²) in [5.41, 5.74) is 8.65. The van der Waals surface area contributed by atoms with Crippen LogP contribution in [0.1, 0.15) is 18.9 Å². The van der Waals surface area contributed by atoms with E-state index in [0.29, 0.717) is 5.52 Å². The van der Waals surface area contributed by atoms with Gasteiger partial charge in [0.05, 0.1) is 20.9 Å². The molecule has 0 unspecified atom stereocenters. The van der Waals surface area contributed by atoms with Crippen molar-refractivity contribution in [2.75, 3.05) is 5.73 Å². The SMILES string of the molecule is CCCn1c(-c2sc(N)cc2C)nc2cc(F)ccc21. The van der Waals surface area contributed by atoms with E-state index in [4.69, 9.17) is 5.73 Å². The molecule has 3 nitrogen and oxygen atoms in total. The lowest BCUT2D eigenvalue weighted by Crippen LogP contribution is -1.99. The molecule has 0 atom stereocenters. The fourth-order valence-electron chi connectivity index (χ4n) is 2.45. The highest BCUT2D eigenvalue weighted by Gasteiger charge is 2.16. The molecule has 0 bridgehead atoms. The van der Waals surface area contributed by atoms with E-state index in [1.807, 2.05) is 13.0 Å². The topological polar surface area (TPSA) is 43.8 Å². The van der Waals surface area contributed by atoms with E-state index in [1.165, 1.54) is 23.5 Å². The maximum absolute atomic E-state index is 13.4. The minimum Gasteiger partial charge on any atom is -0.391 e. The first kappa shape index (κ1) is 13.1. The third kappa shape index (κ3) is 2.08. The fraction of sp³-hybridized carbons (Fsp3) is 0.267. The number of halogens is 1. The van der Waals surface area contributed by atoms with Gasteiger partial charge in [-0.1, -0.05) is 6.92 Å². The average Bonchev–Trinajstić information content (AvgIpc) is 2.90. The lowest BCUT2D eigenvalue weighted by atomic mass is 10.2. The molecule has 2 aromatic heterocycles. The number of hydrogen-bond acceptors (Lipinski definition) is 3. The van der Waals surface area contributed by atoms with Crippen LogP contribution in [0.25, 0.3) is 21.7 Å². The third-order valence-corrected chi connectivity index (χ3v) is 4.36. The maximum Gasteiger partial charge on any atom is 0.151 e. The molecule has 5 heteroatoms. The molecule has 2 N–H and O–H groups in total. The second kappa shape index (κ2) is 4.90. The zero-order chi connectivity index (χ0) is 14.3. The van der Waals surface area contributed by atoms with Gasteiger partial charge < -0.3 is 10.3 Å². The molecule has 3 aromatic rings. The van der Waals surface area contributed by atoms with E-state index in [1.54, 1.807) is 6.07 Å².